The second-order valence-corrected chi connectivity index (χ2v) is 10.6. The average molecular weight is 504 g/mol. The molecule has 0 unspecified atom stereocenters. The molecule has 0 aliphatic carbocycles. The highest BCUT2D eigenvalue weighted by Crippen LogP contribution is 2.48. The Labute approximate surface area is 211 Å². The van der Waals surface area contributed by atoms with E-state index in [0.717, 1.165) is 52.1 Å². The molecule has 0 bridgehead atoms. The van der Waals surface area contributed by atoms with E-state index in [4.69, 9.17) is 18.9 Å². The zero-order chi connectivity index (χ0) is 23.4. The molecule has 2 aliphatic heterocycles. The average Bonchev–Trinajstić information content (AvgIpc) is 3.61. The van der Waals surface area contributed by atoms with E-state index in [0.29, 0.717) is 26.4 Å². The molecule has 0 amide bonds. The van der Waals surface area contributed by atoms with Crippen molar-refractivity contribution in [1.29, 1.82) is 0 Å². The van der Waals surface area contributed by atoms with E-state index in [-0.39, 0.29) is 0 Å². The molecular weight excluding hydrogens is 478 g/mol. The van der Waals surface area contributed by atoms with Gasteiger partial charge in [-0.15, -0.1) is 22.7 Å². The maximum Gasteiger partial charge on any atom is 0.179 e. The zero-order valence-corrected chi connectivity index (χ0v) is 21.1. The monoisotopic (exact) mass is 503 g/mol. The summed E-state index contributed by atoms with van der Waals surface area (Å²) in [7, 11) is 0. The zero-order valence-electron chi connectivity index (χ0n) is 19.5. The summed E-state index contributed by atoms with van der Waals surface area (Å²) in [6.07, 6.45) is 2.31. The lowest BCUT2D eigenvalue weighted by molar-refractivity contribution is 0.174. The molecule has 0 radical (unpaired) electrons. The van der Waals surface area contributed by atoms with Gasteiger partial charge in [-0.05, 0) is 41.8 Å². The van der Waals surface area contributed by atoms with Gasteiger partial charge in [0.25, 0.3) is 0 Å². The maximum absolute atomic E-state index is 5.98. The Morgan fingerprint density at radius 3 is 1.74 bits per heavy atom. The molecule has 5 aromatic rings. The standard InChI is InChI=1S/C28H25NO4S2/c1-2-3-8-29-21-6-4-17(27-25-23(15-34-27)30-9-11-32-25)13-19(21)20-14-18(5-7-22(20)29)28-26-24(16-35-28)31-10-12-33-26/h4-7,13-16H,2-3,8-12H2,1H3. The summed E-state index contributed by atoms with van der Waals surface area (Å²) >= 11 is 3.37. The first-order chi connectivity index (χ1) is 17.3. The number of benzene rings is 2. The Hall–Kier alpha value is -3.16. The fourth-order valence-electron chi connectivity index (χ4n) is 5.07. The Morgan fingerprint density at radius 2 is 1.23 bits per heavy atom. The van der Waals surface area contributed by atoms with Gasteiger partial charge in [0, 0.05) is 39.1 Å². The lowest BCUT2D eigenvalue weighted by Gasteiger charge is -2.16. The molecule has 7 rings (SSSR count). The first kappa shape index (κ1) is 21.1. The lowest BCUT2D eigenvalue weighted by Crippen LogP contribution is -2.14. The summed E-state index contributed by atoms with van der Waals surface area (Å²) in [6, 6.07) is 13.6. The highest BCUT2D eigenvalue weighted by Gasteiger charge is 2.23. The largest absolute Gasteiger partial charge is 0.485 e. The summed E-state index contributed by atoms with van der Waals surface area (Å²) < 4.78 is 26.0. The molecule has 2 aliphatic rings. The molecule has 35 heavy (non-hydrogen) atoms. The Kier molecular flexibility index (Phi) is 5.14. The van der Waals surface area contributed by atoms with Gasteiger partial charge in [0.15, 0.2) is 23.0 Å². The van der Waals surface area contributed by atoms with Crippen LogP contribution in [-0.4, -0.2) is 31.0 Å². The smallest absolute Gasteiger partial charge is 0.179 e. The van der Waals surface area contributed by atoms with Crippen LogP contribution in [0.15, 0.2) is 47.2 Å². The summed E-state index contributed by atoms with van der Waals surface area (Å²) in [4.78, 5) is 2.26. The van der Waals surface area contributed by atoms with Crippen LogP contribution < -0.4 is 18.9 Å². The van der Waals surface area contributed by atoms with Gasteiger partial charge in [-0.2, -0.15) is 0 Å². The van der Waals surface area contributed by atoms with Crippen molar-refractivity contribution in [3.05, 3.63) is 47.2 Å². The van der Waals surface area contributed by atoms with Gasteiger partial charge in [-0.1, -0.05) is 25.5 Å². The normalized spacial score (nSPS) is 14.7. The molecule has 0 atom stereocenters. The summed E-state index contributed by atoms with van der Waals surface area (Å²) in [6.45, 7) is 5.65. The maximum atomic E-state index is 5.98. The van der Waals surface area contributed by atoms with Crippen molar-refractivity contribution in [2.24, 2.45) is 0 Å². The third-order valence-corrected chi connectivity index (χ3v) is 8.70. The molecule has 7 heteroatoms. The van der Waals surface area contributed by atoms with E-state index in [1.807, 2.05) is 0 Å². The topological polar surface area (TPSA) is 41.9 Å². The number of nitrogens with zero attached hydrogens (tertiary/aromatic N) is 1. The first-order valence-corrected chi connectivity index (χ1v) is 13.9. The van der Waals surface area contributed by atoms with Crippen LogP contribution in [0.3, 0.4) is 0 Å². The van der Waals surface area contributed by atoms with Crippen molar-refractivity contribution in [3.8, 4) is 43.9 Å². The fourth-order valence-corrected chi connectivity index (χ4v) is 6.93. The summed E-state index contributed by atoms with van der Waals surface area (Å²) in [5.41, 5.74) is 4.87. The van der Waals surface area contributed by atoms with Crippen LogP contribution in [0, 0.1) is 0 Å². The van der Waals surface area contributed by atoms with Crippen LogP contribution in [0.4, 0.5) is 0 Å². The number of aryl methyl sites for hydroxylation is 1. The Balaban J connectivity index is 1.42. The van der Waals surface area contributed by atoms with Crippen LogP contribution >= 0.6 is 22.7 Å². The predicted octanol–water partition coefficient (Wildman–Crippen LogP) is 7.59. The summed E-state index contributed by atoms with van der Waals surface area (Å²) in [5.74, 6) is 3.46. The Bertz CT molecular complexity index is 1450. The molecule has 5 heterocycles. The predicted molar refractivity (Wildman–Crippen MR) is 143 cm³/mol. The van der Waals surface area contributed by atoms with E-state index in [1.165, 1.54) is 32.9 Å². The molecule has 0 spiro atoms. The first-order valence-electron chi connectivity index (χ1n) is 12.1. The van der Waals surface area contributed by atoms with E-state index in [1.54, 1.807) is 22.7 Å². The van der Waals surface area contributed by atoms with Crippen LogP contribution in [0.25, 0.3) is 42.7 Å². The number of aromatic nitrogens is 1. The minimum Gasteiger partial charge on any atom is -0.485 e. The highest BCUT2D eigenvalue weighted by molar-refractivity contribution is 7.14. The van der Waals surface area contributed by atoms with E-state index < -0.39 is 0 Å². The van der Waals surface area contributed by atoms with Crippen LogP contribution in [0.1, 0.15) is 19.8 Å². The van der Waals surface area contributed by atoms with Crippen molar-refractivity contribution in [1.82, 2.24) is 4.57 Å². The van der Waals surface area contributed by atoms with Gasteiger partial charge in [0.2, 0.25) is 0 Å². The number of rotatable bonds is 5. The number of hydrogen-bond acceptors (Lipinski definition) is 6. The van der Waals surface area contributed by atoms with Crippen LogP contribution in [0.2, 0.25) is 0 Å². The lowest BCUT2D eigenvalue weighted by atomic mass is 10.1. The second-order valence-electron chi connectivity index (χ2n) is 8.88. The highest BCUT2D eigenvalue weighted by atomic mass is 32.1. The number of hydrogen-bond donors (Lipinski definition) is 0. The van der Waals surface area contributed by atoms with Crippen molar-refractivity contribution in [3.63, 3.8) is 0 Å². The molecule has 0 fully saturated rings. The van der Waals surface area contributed by atoms with Crippen molar-refractivity contribution >= 4 is 44.5 Å². The van der Waals surface area contributed by atoms with Crippen molar-refractivity contribution < 1.29 is 18.9 Å². The molecule has 0 saturated heterocycles. The van der Waals surface area contributed by atoms with Gasteiger partial charge in [-0.25, -0.2) is 0 Å². The van der Waals surface area contributed by atoms with Crippen LogP contribution in [-0.2, 0) is 6.54 Å². The third kappa shape index (κ3) is 3.40. The quantitative estimate of drug-likeness (QED) is 0.248. The van der Waals surface area contributed by atoms with Crippen molar-refractivity contribution in [2.75, 3.05) is 26.4 Å². The minimum absolute atomic E-state index is 0.593. The number of fused-ring (bicyclic) bond motifs is 5. The van der Waals surface area contributed by atoms with Crippen molar-refractivity contribution in [2.45, 2.75) is 26.3 Å². The molecular formula is C28H25NO4S2. The van der Waals surface area contributed by atoms with Gasteiger partial charge in [0.05, 0.1) is 9.75 Å². The van der Waals surface area contributed by atoms with Gasteiger partial charge < -0.3 is 23.5 Å². The SMILES string of the molecule is CCCCn1c2ccc(-c3scc4c3OCCO4)cc2c2cc(-c3scc4c3OCCO4)ccc21. The molecule has 0 saturated carbocycles. The van der Waals surface area contributed by atoms with Crippen LogP contribution in [0.5, 0.6) is 23.0 Å². The molecule has 0 N–H and O–H groups in total. The molecule has 3 aromatic heterocycles. The number of thiophene rings is 2. The molecule has 5 nitrogen and oxygen atoms in total. The number of unbranched alkanes of at least 4 members (excludes halogenated alkanes) is 1. The third-order valence-electron chi connectivity index (χ3n) is 6.73. The van der Waals surface area contributed by atoms with Gasteiger partial charge >= 0.3 is 0 Å². The van der Waals surface area contributed by atoms with Gasteiger partial charge in [0.1, 0.15) is 26.4 Å². The van der Waals surface area contributed by atoms with E-state index in [2.05, 4.69) is 58.6 Å². The second kappa shape index (κ2) is 8.50. The molecule has 178 valence electrons. The van der Waals surface area contributed by atoms with E-state index in [9.17, 15) is 0 Å². The number of ether oxygens (including phenoxy) is 4. The minimum atomic E-state index is 0.593. The van der Waals surface area contributed by atoms with E-state index >= 15 is 0 Å². The molecule has 2 aromatic carbocycles. The Morgan fingerprint density at radius 1 is 0.714 bits per heavy atom. The summed E-state index contributed by atoms with van der Waals surface area (Å²) in [5, 5.41) is 6.63. The fraction of sp³-hybridized carbons (Fsp3) is 0.286. The van der Waals surface area contributed by atoms with Gasteiger partial charge in [-0.3, -0.25) is 0 Å².